The van der Waals surface area contributed by atoms with Crippen molar-refractivity contribution in [1.82, 2.24) is 5.43 Å². The maximum Gasteiger partial charge on any atom is 0.305 e. The number of unbranched alkanes of at least 4 members (excludes halogenated alkanes) is 3. The molecule has 2 N–H and O–H groups in total. The highest BCUT2D eigenvalue weighted by Crippen LogP contribution is 2.20. The summed E-state index contributed by atoms with van der Waals surface area (Å²) in [6.07, 6.45) is 7.38. The van der Waals surface area contributed by atoms with E-state index in [1.165, 1.54) is 31.4 Å². The van der Waals surface area contributed by atoms with Crippen LogP contribution < -0.4 is 10.7 Å². The number of nitrogens with zero attached hydrogens (tertiary/aromatic N) is 2. The van der Waals surface area contributed by atoms with Gasteiger partial charge in [0, 0.05) is 22.9 Å². The summed E-state index contributed by atoms with van der Waals surface area (Å²) in [7, 11) is 0. The Morgan fingerprint density at radius 1 is 1.36 bits per heavy atom. The molecule has 0 aromatic heterocycles. The second kappa shape index (κ2) is 9.27. The van der Waals surface area contributed by atoms with Gasteiger partial charge in [0.2, 0.25) is 6.34 Å². The third kappa shape index (κ3) is 5.76. The third-order valence-electron chi connectivity index (χ3n) is 4.03. The van der Waals surface area contributed by atoms with Crippen molar-refractivity contribution in [2.75, 3.05) is 18.4 Å². The van der Waals surface area contributed by atoms with E-state index in [0.29, 0.717) is 28.9 Å². The van der Waals surface area contributed by atoms with Crippen molar-refractivity contribution >= 4 is 41.0 Å². The molecule has 4 nitrogen and oxygen atoms in total. The molecule has 136 valence electrons. The highest BCUT2D eigenvalue weighted by atomic mass is 35.5. The van der Waals surface area contributed by atoms with Crippen LogP contribution in [0.4, 0.5) is 10.1 Å². The minimum Gasteiger partial charge on any atom is -0.299 e. The molecule has 2 rings (SSSR count). The van der Waals surface area contributed by atoms with Crippen LogP contribution in [-0.2, 0) is 0 Å². The van der Waals surface area contributed by atoms with Gasteiger partial charge in [0.05, 0.1) is 12.2 Å². The molecule has 0 saturated carbocycles. The molecule has 0 spiro atoms. The Morgan fingerprint density at radius 2 is 2.16 bits per heavy atom. The lowest BCUT2D eigenvalue weighted by Crippen LogP contribution is -2.61. The van der Waals surface area contributed by atoms with Crippen molar-refractivity contribution in [2.45, 2.75) is 39.0 Å². The topological polar surface area (TPSA) is 36.4 Å². The lowest BCUT2D eigenvalue weighted by molar-refractivity contribution is -0.776. The molecule has 1 atom stereocenters. The molecule has 25 heavy (non-hydrogen) atoms. The summed E-state index contributed by atoms with van der Waals surface area (Å²) in [5.41, 5.74) is 4.82. The number of aliphatic imine (C=N–C) groups is 1. The molecule has 0 aliphatic carbocycles. The summed E-state index contributed by atoms with van der Waals surface area (Å²) < 4.78 is 13.7. The number of rotatable bonds is 8. The Kier molecular flexibility index (Phi) is 7.35. The van der Waals surface area contributed by atoms with Crippen molar-refractivity contribution in [3.63, 3.8) is 0 Å². The Labute approximate surface area is 159 Å². The maximum atomic E-state index is 13.5. The third-order valence-corrected chi connectivity index (χ3v) is 4.67. The van der Waals surface area contributed by atoms with Crippen LogP contribution in [-0.4, -0.2) is 29.1 Å². The van der Waals surface area contributed by atoms with Crippen molar-refractivity contribution in [1.29, 1.82) is 0 Å². The number of hydrogen-bond donors (Lipinski definition) is 2. The Bertz CT molecular complexity index is 644. The second-order valence-electron chi connectivity index (χ2n) is 6.23. The van der Waals surface area contributed by atoms with E-state index in [1.807, 2.05) is 0 Å². The molecule has 7 heteroatoms. The molecule has 1 unspecified atom stereocenters. The summed E-state index contributed by atoms with van der Waals surface area (Å²) >= 11 is 11.5. The molecule has 1 aromatic rings. The van der Waals surface area contributed by atoms with E-state index in [4.69, 9.17) is 23.8 Å². The van der Waals surface area contributed by atoms with Crippen LogP contribution in [0.2, 0.25) is 5.02 Å². The number of benzene rings is 1. The molecule has 0 radical (unpaired) electrons. The Morgan fingerprint density at radius 3 is 2.80 bits per heavy atom. The lowest BCUT2D eigenvalue weighted by Gasteiger charge is -2.31. The van der Waals surface area contributed by atoms with E-state index < -0.39 is 5.82 Å². The molecule has 1 aliphatic heterocycles. The van der Waals surface area contributed by atoms with Crippen molar-refractivity contribution in [2.24, 2.45) is 4.99 Å². The first-order chi connectivity index (χ1) is 11.9. The molecular formula is C18H25ClFN4S+. The van der Waals surface area contributed by atoms with Gasteiger partial charge in [0.25, 0.3) is 0 Å². The van der Waals surface area contributed by atoms with Crippen molar-refractivity contribution in [3.8, 4) is 0 Å². The Balaban J connectivity index is 2.02. The highest BCUT2D eigenvalue weighted by molar-refractivity contribution is 7.80. The van der Waals surface area contributed by atoms with Crippen LogP contribution in [0.25, 0.3) is 0 Å². The maximum absolute atomic E-state index is 13.5. The number of quaternary nitrogens is 1. The van der Waals surface area contributed by atoms with E-state index in [9.17, 15) is 4.39 Å². The minimum atomic E-state index is -0.410. The molecule has 0 saturated heterocycles. The number of hydrogen-bond acceptors (Lipinski definition) is 3. The molecule has 1 heterocycles. The average molecular weight is 384 g/mol. The average Bonchev–Trinajstić information content (AvgIpc) is 3.00. The van der Waals surface area contributed by atoms with Crippen LogP contribution in [0.5, 0.6) is 0 Å². The number of allylic oxidation sites excluding steroid dienone is 1. The molecule has 1 aromatic carbocycles. The van der Waals surface area contributed by atoms with Crippen LogP contribution >= 0.6 is 23.8 Å². The van der Waals surface area contributed by atoms with Gasteiger partial charge in [-0.15, -0.1) is 4.59 Å². The van der Waals surface area contributed by atoms with Gasteiger partial charge in [0.1, 0.15) is 12.4 Å². The monoisotopic (exact) mass is 383 g/mol. The van der Waals surface area contributed by atoms with Gasteiger partial charge < -0.3 is 0 Å². The smallest absolute Gasteiger partial charge is 0.299 e. The first kappa shape index (κ1) is 19.8. The quantitative estimate of drug-likeness (QED) is 0.376. The van der Waals surface area contributed by atoms with E-state index in [2.05, 4.69) is 29.2 Å². The fourth-order valence-electron chi connectivity index (χ4n) is 2.71. The van der Waals surface area contributed by atoms with Gasteiger partial charge in [-0.05, 0) is 31.0 Å². The summed E-state index contributed by atoms with van der Waals surface area (Å²) in [4.78, 5) is 4.31. The summed E-state index contributed by atoms with van der Waals surface area (Å²) in [5.74, 6) is -0.410. The van der Waals surface area contributed by atoms with Crippen molar-refractivity contribution < 1.29 is 8.98 Å². The van der Waals surface area contributed by atoms with Crippen LogP contribution in [0, 0.1) is 5.82 Å². The lowest BCUT2D eigenvalue weighted by atomic mass is 10.1. The van der Waals surface area contributed by atoms with Crippen LogP contribution in [0.15, 0.2) is 35.5 Å². The predicted molar refractivity (Wildman–Crippen MR) is 107 cm³/mol. The fraction of sp³-hybridized carbons (Fsp3) is 0.444. The largest absolute Gasteiger partial charge is 0.305 e. The van der Waals surface area contributed by atoms with Gasteiger partial charge in [-0.2, -0.15) is 0 Å². The van der Waals surface area contributed by atoms with E-state index in [1.54, 1.807) is 12.4 Å². The molecule has 0 bridgehead atoms. The van der Waals surface area contributed by atoms with Gasteiger partial charge in [0.15, 0.2) is 0 Å². The molecule has 0 fully saturated rings. The van der Waals surface area contributed by atoms with Gasteiger partial charge >= 0.3 is 5.11 Å². The van der Waals surface area contributed by atoms with Crippen LogP contribution in [0.1, 0.15) is 39.0 Å². The SMILES string of the molecule is C=C(CCCCCC)N[N+]1(C(=S)Nc2cc(F)cc(Cl)c2)C=NCC1. The zero-order chi connectivity index (χ0) is 18.3. The molecule has 0 amide bonds. The number of nitrogens with one attached hydrogen (secondary N) is 2. The number of halogens is 2. The summed E-state index contributed by atoms with van der Waals surface area (Å²) in [5, 5.41) is 3.88. The van der Waals surface area contributed by atoms with Crippen molar-refractivity contribution in [3.05, 3.63) is 41.3 Å². The van der Waals surface area contributed by atoms with Gasteiger partial charge in [-0.3, -0.25) is 5.32 Å². The van der Waals surface area contributed by atoms with E-state index in [-0.39, 0.29) is 4.59 Å². The predicted octanol–water partition coefficient (Wildman–Crippen LogP) is 5.02. The summed E-state index contributed by atoms with van der Waals surface area (Å²) in [6, 6.07) is 4.26. The fourth-order valence-corrected chi connectivity index (χ4v) is 3.24. The van der Waals surface area contributed by atoms with E-state index in [0.717, 1.165) is 18.5 Å². The first-order valence-electron chi connectivity index (χ1n) is 8.57. The van der Waals surface area contributed by atoms with Gasteiger partial charge in [-0.25, -0.2) is 14.8 Å². The first-order valence-corrected chi connectivity index (χ1v) is 9.36. The second-order valence-corrected chi connectivity index (χ2v) is 7.05. The van der Waals surface area contributed by atoms with E-state index >= 15 is 0 Å². The minimum absolute atomic E-state index is 0.191. The Hall–Kier alpha value is -1.50. The zero-order valence-electron chi connectivity index (χ0n) is 14.5. The van der Waals surface area contributed by atoms with Crippen LogP contribution in [0.3, 0.4) is 0 Å². The normalized spacial score (nSPS) is 19.0. The summed E-state index contributed by atoms with van der Waals surface area (Å²) in [6.45, 7) is 7.66. The zero-order valence-corrected chi connectivity index (χ0v) is 16.1. The number of thiocarbonyl (C=S) groups is 1. The number of anilines is 1. The van der Waals surface area contributed by atoms with Gasteiger partial charge in [-0.1, -0.05) is 44.4 Å². The molecule has 1 aliphatic rings. The molecular weight excluding hydrogens is 359 g/mol. The standard InChI is InChI=1S/C18H24ClFN4S/c1-3-4-5-6-7-14(2)23-24(9-8-21-13-24)18(25)22-17-11-15(19)10-16(20)12-17/h10-13,23H,2-9H2,1H3/p+1. The highest BCUT2D eigenvalue weighted by Gasteiger charge is 2.36.